The quantitative estimate of drug-likeness (QED) is 0.254. The van der Waals surface area contributed by atoms with Gasteiger partial charge in [0, 0.05) is 57.9 Å². The first-order valence-electron chi connectivity index (χ1n) is 11.2. The smallest absolute Gasteiger partial charge is 0.191 e. The second-order valence-corrected chi connectivity index (χ2v) is 8.46. The van der Waals surface area contributed by atoms with Crippen molar-refractivity contribution in [3.63, 3.8) is 0 Å². The van der Waals surface area contributed by atoms with Gasteiger partial charge in [-0.2, -0.15) is 0 Å². The average Bonchev–Trinajstić information content (AvgIpc) is 2.71. The van der Waals surface area contributed by atoms with E-state index in [0.29, 0.717) is 12.1 Å². The second kappa shape index (κ2) is 12.7. The number of nitrogens with one attached hydrogen (secondary N) is 2. The number of likely N-dealkylation sites (tertiary alicyclic amines) is 1. The Bertz CT molecular complexity index is 625. The summed E-state index contributed by atoms with van der Waals surface area (Å²) in [5.41, 5.74) is 3.03. The topological polar surface area (TPSA) is 42.9 Å². The summed E-state index contributed by atoms with van der Waals surface area (Å²) in [7, 11) is 0. The van der Waals surface area contributed by atoms with Gasteiger partial charge in [0.05, 0.1) is 0 Å². The van der Waals surface area contributed by atoms with E-state index >= 15 is 0 Å². The number of hydrogen-bond acceptors (Lipinski definition) is 3. The highest BCUT2D eigenvalue weighted by Gasteiger charge is 2.21. The van der Waals surface area contributed by atoms with Crippen molar-refractivity contribution in [3.05, 3.63) is 35.4 Å². The molecule has 0 radical (unpaired) electrons. The third-order valence-corrected chi connectivity index (χ3v) is 6.06. The number of fused-ring (bicyclic) bond motifs is 1. The molecule has 2 aliphatic heterocycles. The molecule has 29 heavy (non-hydrogen) atoms. The third-order valence-electron chi connectivity index (χ3n) is 6.06. The van der Waals surface area contributed by atoms with Crippen LogP contribution in [0.1, 0.15) is 51.2 Å². The minimum absolute atomic E-state index is 0. The standard InChI is InChI=1S/C23H39N5.HI/c1-4-24-23(26-22-11-16-28(17-12-22)19(2)3)25-13-7-14-27-15-10-20-8-5-6-9-21(20)18-27;/h5-6,8-9,19,22H,4,7,10-18H2,1-3H3,(H2,24,25,26);1H. The minimum atomic E-state index is 0. The number of hydrogen-bond donors (Lipinski definition) is 2. The zero-order valence-electron chi connectivity index (χ0n) is 18.5. The van der Waals surface area contributed by atoms with Crippen molar-refractivity contribution >= 4 is 29.9 Å². The number of rotatable bonds is 7. The van der Waals surface area contributed by atoms with Crippen LogP contribution in [-0.2, 0) is 13.0 Å². The second-order valence-electron chi connectivity index (χ2n) is 8.46. The molecule has 1 aromatic rings. The van der Waals surface area contributed by atoms with Gasteiger partial charge < -0.3 is 15.5 Å². The molecule has 0 aromatic heterocycles. The fourth-order valence-corrected chi connectivity index (χ4v) is 4.30. The number of benzene rings is 1. The van der Waals surface area contributed by atoms with Crippen molar-refractivity contribution in [1.29, 1.82) is 0 Å². The molecule has 0 saturated carbocycles. The lowest BCUT2D eigenvalue weighted by atomic mass is 10.00. The molecule has 164 valence electrons. The van der Waals surface area contributed by atoms with Gasteiger partial charge in [-0.05, 0) is 57.6 Å². The zero-order valence-corrected chi connectivity index (χ0v) is 20.8. The van der Waals surface area contributed by atoms with Crippen molar-refractivity contribution in [2.45, 2.75) is 65.1 Å². The molecule has 5 nitrogen and oxygen atoms in total. The van der Waals surface area contributed by atoms with Gasteiger partial charge in [-0.3, -0.25) is 9.89 Å². The van der Waals surface area contributed by atoms with E-state index in [4.69, 9.17) is 4.99 Å². The van der Waals surface area contributed by atoms with Crippen LogP contribution in [0.25, 0.3) is 0 Å². The molecule has 0 spiro atoms. The van der Waals surface area contributed by atoms with E-state index in [2.05, 4.69) is 65.5 Å². The lowest BCUT2D eigenvalue weighted by Gasteiger charge is -2.35. The lowest BCUT2D eigenvalue weighted by Crippen LogP contribution is -2.49. The Kier molecular flexibility index (Phi) is 10.7. The van der Waals surface area contributed by atoms with Crippen molar-refractivity contribution in [1.82, 2.24) is 20.4 Å². The zero-order chi connectivity index (χ0) is 19.8. The van der Waals surface area contributed by atoms with Gasteiger partial charge in [-0.15, -0.1) is 24.0 Å². The van der Waals surface area contributed by atoms with Gasteiger partial charge in [0.25, 0.3) is 0 Å². The average molecular weight is 514 g/mol. The molecular formula is C23H40IN5. The van der Waals surface area contributed by atoms with E-state index in [1.54, 1.807) is 0 Å². The Balaban J connectivity index is 0.00000300. The van der Waals surface area contributed by atoms with Gasteiger partial charge in [0.1, 0.15) is 0 Å². The number of aliphatic imine (C=N–C) groups is 1. The monoisotopic (exact) mass is 513 g/mol. The molecule has 1 fully saturated rings. The Hall–Kier alpha value is -0.860. The van der Waals surface area contributed by atoms with Crippen LogP contribution >= 0.6 is 24.0 Å². The maximum atomic E-state index is 4.84. The van der Waals surface area contributed by atoms with Crippen molar-refractivity contribution < 1.29 is 0 Å². The minimum Gasteiger partial charge on any atom is -0.357 e. The van der Waals surface area contributed by atoms with E-state index < -0.39 is 0 Å². The van der Waals surface area contributed by atoms with E-state index in [0.717, 1.165) is 38.6 Å². The fourth-order valence-electron chi connectivity index (χ4n) is 4.30. The number of nitrogens with zero attached hydrogens (tertiary/aromatic N) is 3. The summed E-state index contributed by atoms with van der Waals surface area (Å²) < 4.78 is 0. The van der Waals surface area contributed by atoms with Crippen LogP contribution in [0.4, 0.5) is 0 Å². The van der Waals surface area contributed by atoms with Crippen LogP contribution in [0.2, 0.25) is 0 Å². The largest absolute Gasteiger partial charge is 0.357 e. The van der Waals surface area contributed by atoms with Gasteiger partial charge in [0.2, 0.25) is 0 Å². The molecule has 2 aliphatic rings. The Morgan fingerprint density at radius 1 is 1.14 bits per heavy atom. The summed E-state index contributed by atoms with van der Waals surface area (Å²) in [5.74, 6) is 0.995. The predicted molar refractivity (Wildman–Crippen MR) is 134 cm³/mol. The highest BCUT2D eigenvalue weighted by Crippen LogP contribution is 2.18. The Morgan fingerprint density at radius 3 is 2.55 bits per heavy atom. The summed E-state index contributed by atoms with van der Waals surface area (Å²) in [6.07, 6.45) is 4.70. The predicted octanol–water partition coefficient (Wildman–Crippen LogP) is 3.48. The van der Waals surface area contributed by atoms with Crippen LogP contribution in [0.5, 0.6) is 0 Å². The molecule has 2 heterocycles. The molecule has 0 unspecified atom stereocenters. The first-order chi connectivity index (χ1) is 13.7. The summed E-state index contributed by atoms with van der Waals surface area (Å²) in [6.45, 7) is 14.3. The SMILES string of the molecule is CCNC(=NCCCN1CCc2ccccc2C1)NC1CCN(C(C)C)CC1.I. The number of piperidine rings is 1. The van der Waals surface area contributed by atoms with Crippen molar-refractivity contribution in [2.75, 3.05) is 39.3 Å². The normalized spacial score (nSPS) is 19.0. The highest BCUT2D eigenvalue weighted by atomic mass is 127. The Labute approximate surface area is 194 Å². The molecular weight excluding hydrogens is 473 g/mol. The van der Waals surface area contributed by atoms with E-state index in [-0.39, 0.29) is 24.0 Å². The molecule has 1 saturated heterocycles. The summed E-state index contributed by atoms with van der Waals surface area (Å²) in [4.78, 5) is 9.98. The molecule has 0 atom stereocenters. The highest BCUT2D eigenvalue weighted by molar-refractivity contribution is 14.0. The first kappa shape index (κ1) is 24.4. The number of halogens is 1. The van der Waals surface area contributed by atoms with E-state index in [9.17, 15) is 0 Å². The molecule has 3 rings (SSSR count). The summed E-state index contributed by atoms with van der Waals surface area (Å²) in [6, 6.07) is 10.1. The molecule has 0 amide bonds. The van der Waals surface area contributed by atoms with Crippen LogP contribution in [0, 0.1) is 0 Å². The van der Waals surface area contributed by atoms with Crippen molar-refractivity contribution in [2.24, 2.45) is 4.99 Å². The van der Waals surface area contributed by atoms with Gasteiger partial charge in [-0.25, -0.2) is 0 Å². The molecule has 6 heteroatoms. The maximum Gasteiger partial charge on any atom is 0.191 e. The molecule has 2 N–H and O–H groups in total. The number of guanidine groups is 1. The molecule has 0 aliphatic carbocycles. The van der Waals surface area contributed by atoms with Gasteiger partial charge >= 0.3 is 0 Å². The first-order valence-corrected chi connectivity index (χ1v) is 11.2. The van der Waals surface area contributed by atoms with Crippen molar-refractivity contribution in [3.8, 4) is 0 Å². The lowest BCUT2D eigenvalue weighted by molar-refractivity contribution is 0.167. The molecule has 0 bridgehead atoms. The molecule has 1 aromatic carbocycles. The van der Waals surface area contributed by atoms with E-state index in [1.165, 1.54) is 50.0 Å². The Morgan fingerprint density at radius 2 is 1.86 bits per heavy atom. The third kappa shape index (κ3) is 7.72. The van der Waals surface area contributed by atoms with Crippen LogP contribution < -0.4 is 10.6 Å². The van der Waals surface area contributed by atoms with Gasteiger partial charge in [-0.1, -0.05) is 24.3 Å². The summed E-state index contributed by atoms with van der Waals surface area (Å²) in [5, 5.41) is 7.09. The van der Waals surface area contributed by atoms with Crippen LogP contribution in [-0.4, -0.2) is 67.1 Å². The fraction of sp³-hybridized carbons (Fsp3) is 0.696. The van der Waals surface area contributed by atoms with Crippen LogP contribution in [0.15, 0.2) is 29.3 Å². The van der Waals surface area contributed by atoms with E-state index in [1.807, 2.05) is 0 Å². The van der Waals surface area contributed by atoms with Crippen LogP contribution in [0.3, 0.4) is 0 Å². The maximum absolute atomic E-state index is 4.84. The summed E-state index contributed by atoms with van der Waals surface area (Å²) >= 11 is 0. The van der Waals surface area contributed by atoms with Gasteiger partial charge in [0.15, 0.2) is 5.96 Å².